The molecule has 240 valence electrons. The van der Waals surface area contributed by atoms with E-state index in [0.29, 0.717) is 17.5 Å². The zero-order valence-electron chi connectivity index (χ0n) is 28.3. The minimum absolute atomic E-state index is 0.0372. The van der Waals surface area contributed by atoms with Gasteiger partial charge in [0.2, 0.25) is 0 Å². The molecule has 0 atom stereocenters. The summed E-state index contributed by atoms with van der Waals surface area (Å²) in [5, 5.41) is 4.56. The smallest absolute Gasteiger partial charge is 0.164 e. The van der Waals surface area contributed by atoms with Gasteiger partial charge in [-0.2, -0.15) is 0 Å². The molecule has 0 N–H and O–H groups in total. The quantitative estimate of drug-likeness (QED) is 0.189. The number of furan rings is 1. The molecule has 3 heterocycles. The van der Waals surface area contributed by atoms with Gasteiger partial charge in [-0.25, -0.2) is 15.0 Å². The van der Waals surface area contributed by atoms with E-state index >= 15 is 0 Å². The Morgan fingerprint density at radius 2 is 1.20 bits per heavy atom. The normalized spacial score (nSPS) is 14.7. The number of hydrogen-bond donors (Lipinski definition) is 0. The standard InChI is InChI=1S/C45H33N3OS/c1-44(2)34-18-10-8-15-28(34)29-22-23-30-33-25-27(21-24-37(33)50-40(30)39(29)45(44,3)4)42-46-41(26-13-6-5-7-14-26)47-43(48-42)32-17-12-20-36-38(32)31-16-9-11-19-35(31)49-36/h5-25H,1-4H3. The number of aromatic nitrogens is 3. The second kappa shape index (κ2) is 10.4. The third kappa shape index (κ3) is 4.07. The topological polar surface area (TPSA) is 51.8 Å². The summed E-state index contributed by atoms with van der Waals surface area (Å²) in [5.74, 6) is 1.91. The highest BCUT2D eigenvalue weighted by Crippen LogP contribution is 2.57. The Hall–Kier alpha value is -5.65. The summed E-state index contributed by atoms with van der Waals surface area (Å²) in [4.78, 5) is 15.4. The van der Waals surface area contributed by atoms with Gasteiger partial charge in [-0.05, 0) is 58.0 Å². The average Bonchev–Trinajstić information content (AvgIpc) is 3.72. The molecule has 1 aliphatic rings. The van der Waals surface area contributed by atoms with Gasteiger partial charge in [0.05, 0.1) is 0 Å². The zero-order valence-corrected chi connectivity index (χ0v) is 29.1. The highest BCUT2D eigenvalue weighted by molar-refractivity contribution is 7.26. The minimum atomic E-state index is -0.0775. The first kappa shape index (κ1) is 29.3. The summed E-state index contributed by atoms with van der Waals surface area (Å²) in [5.41, 5.74) is 9.93. The molecule has 9 aromatic rings. The van der Waals surface area contributed by atoms with E-state index in [2.05, 4.69) is 107 Å². The van der Waals surface area contributed by atoms with Gasteiger partial charge in [0.25, 0.3) is 0 Å². The maximum atomic E-state index is 6.24. The molecule has 0 unspecified atom stereocenters. The Bertz CT molecular complexity index is 2820. The molecule has 0 fully saturated rings. The minimum Gasteiger partial charge on any atom is -0.456 e. The van der Waals surface area contributed by atoms with Gasteiger partial charge in [0.15, 0.2) is 17.5 Å². The van der Waals surface area contributed by atoms with Gasteiger partial charge in [-0.15, -0.1) is 11.3 Å². The van der Waals surface area contributed by atoms with Crippen LogP contribution in [0.1, 0.15) is 38.8 Å². The second-order valence-electron chi connectivity index (χ2n) is 14.4. The molecule has 0 saturated carbocycles. The molecule has 3 aromatic heterocycles. The molecule has 10 rings (SSSR count). The summed E-state index contributed by atoms with van der Waals surface area (Å²) >= 11 is 1.90. The molecule has 0 saturated heterocycles. The fourth-order valence-electron chi connectivity index (χ4n) is 8.04. The van der Waals surface area contributed by atoms with Gasteiger partial charge in [-0.1, -0.05) is 125 Å². The van der Waals surface area contributed by atoms with Crippen molar-refractivity contribution >= 4 is 53.4 Å². The van der Waals surface area contributed by atoms with Crippen LogP contribution >= 0.6 is 11.3 Å². The van der Waals surface area contributed by atoms with Crippen LogP contribution < -0.4 is 0 Å². The van der Waals surface area contributed by atoms with Crippen LogP contribution in [0.4, 0.5) is 0 Å². The molecule has 0 amide bonds. The molecule has 0 spiro atoms. The number of hydrogen-bond acceptors (Lipinski definition) is 5. The summed E-state index contributed by atoms with van der Waals surface area (Å²) in [6.07, 6.45) is 0. The molecule has 1 aliphatic carbocycles. The lowest BCUT2D eigenvalue weighted by molar-refractivity contribution is 0.301. The number of para-hydroxylation sites is 1. The number of rotatable bonds is 3. The second-order valence-corrected chi connectivity index (χ2v) is 15.5. The summed E-state index contributed by atoms with van der Waals surface area (Å²) in [7, 11) is 0. The Kier molecular flexibility index (Phi) is 6.11. The largest absolute Gasteiger partial charge is 0.456 e. The maximum absolute atomic E-state index is 6.24. The van der Waals surface area contributed by atoms with Crippen LogP contribution in [0.15, 0.2) is 132 Å². The van der Waals surface area contributed by atoms with Crippen LogP contribution in [0.5, 0.6) is 0 Å². The summed E-state index contributed by atoms with van der Waals surface area (Å²) in [6, 6.07) is 44.7. The van der Waals surface area contributed by atoms with Gasteiger partial charge in [0.1, 0.15) is 11.2 Å². The zero-order chi connectivity index (χ0) is 33.8. The Morgan fingerprint density at radius 3 is 2.06 bits per heavy atom. The number of fused-ring (bicyclic) bond motifs is 10. The van der Waals surface area contributed by atoms with Crippen molar-refractivity contribution in [2.24, 2.45) is 0 Å². The number of benzene rings is 6. The third-order valence-corrected chi connectivity index (χ3v) is 12.5. The SMILES string of the molecule is CC1(C)c2ccccc2-c2ccc3c(sc4ccc(-c5nc(-c6ccccc6)nc(-c6cccc7oc8ccccc8c67)n5)cc43)c2C1(C)C. The Balaban J connectivity index is 1.20. The van der Waals surface area contributed by atoms with Crippen LogP contribution in [0, 0.1) is 0 Å². The Morgan fingerprint density at radius 1 is 0.500 bits per heavy atom. The van der Waals surface area contributed by atoms with E-state index < -0.39 is 0 Å². The van der Waals surface area contributed by atoms with E-state index in [4.69, 9.17) is 19.4 Å². The molecule has 0 aliphatic heterocycles. The molecule has 6 aromatic carbocycles. The van der Waals surface area contributed by atoms with Crippen molar-refractivity contribution in [2.75, 3.05) is 0 Å². The van der Waals surface area contributed by atoms with Gasteiger partial charge >= 0.3 is 0 Å². The highest BCUT2D eigenvalue weighted by Gasteiger charge is 2.46. The average molecular weight is 664 g/mol. The molecule has 50 heavy (non-hydrogen) atoms. The molecule has 4 nitrogen and oxygen atoms in total. The maximum Gasteiger partial charge on any atom is 0.164 e. The molecule has 0 radical (unpaired) electrons. The van der Waals surface area contributed by atoms with Crippen LogP contribution in [0.3, 0.4) is 0 Å². The lowest BCUT2D eigenvalue weighted by Gasteiger charge is -2.48. The van der Waals surface area contributed by atoms with Gasteiger partial charge in [0, 0.05) is 53.1 Å². The summed E-state index contributed by atoms with van der Waals surface area (Å²) < 4.78 is 8.86. The van der Waals surface area contributed by atoms with Crippen LogP contribution in [-0.4, -0.2) is 15.0 Å². The summed E-state index contributed by atoms with van der Waals surface area (Å²) in [6.45, 7) is 9.62. The predicted octanol–water partition coefficient (Wildman–Crippen LogP) is 12.4. The van der Waals surface area contributed by atoms with Crippen molar-refractivity contribution in [3.8, 4) is 45.3 Å². The highest BCUT2D eigenvalue weighted by atomic mass is 32.1. The first-order valence-electron chi connectivity index (χ1n) is 17.1. The Labute approximate surface area is 294 Å². The monoisotopic (exact) mass is 663 g/mol. The molecule has 0 bridgehead atoms. The van der Waals surface area contributed by atoms with Gasteiger partial charge < -0.3 is 4.42 Å². The van der Waals surface area contributed by atoms with E-state index in [1.807, 2.05) is 59.9 Å². The molecular formula is C45H33N3OS. The lowest BCUT2D eigenvalue weighted by atomic mass is 9.55. The van der Waals surface area contributed by atoms with Gasteiger partial charge in [-0.3, -0.25) is 0 Å². The van der Waals surface area contributed by atoms with Crippen molar-refractivity contribution < 1.29 is 4.42 Å². The third-order valence-electron chi connectivity index (χ3n) is 11.3. The van der Waals surface area contributed by atoms with Crippen LogP contribution in [-0.2, 0) is 10.8 Å². The molecular weight excluding hydrogens is 631 g/mol. The molecule has 5 heteroatoms. The van der Waals surface area contributed by atoms with E-state index in [-0.39, 0.29) is 10.8 Å². The predicted molar refractivity (Wildman–Crippen MR) is 208 cm³/mol. The van der Waals surface area contributed by atoms with Crippen LogP contribution in [0.25, 0.3) is 87.4 Å². The lowest BCUT2D eigenvalue weighted by Crippen LogP contribution is -2.43. The first-order valence-corrected chi connectivity index (χ1v) is 17.9. The van der Waals surface area contributed by atoms with E-state index in [9.17, 15) is 0 Å². The first-order chi connectivity index (χ1) is 24.3. The van der Waals surface area contributed by atoms with E-state index in [1.54, 1.807) is 0 Å². The fourth-order valence-corrected chi connectivity index (χ4v) is 9.43. The van der Waals surface area contributed by atoms with Crippen molar-refractivity contribution in [1.29, 1.82) is 0 Å². The van der Waals surface area contributed by atoms with E-state index in [1.165, 1.54) is 42.4 Å². The number of thiophene rings is 1. The van der Waals surface area contributed by atoms with E-state index in [0.717, 1.165) is 38.6 Å². The van der Waals surface area contributed by atoms with Crippen molar-refractivity contribution in [3.05, 3.63) is 139 Å². The van der Waals surface area contributed by atoms with Crippen molar-refractivity contribution in [2.45, 2.75) is 38.5 Å². The van der Waals surface area contributed by atoms with Crippen molar-refractivity contribution in [1.82, 2.24) is 15.0 Å². The van der Waals surface area contributed by atoms with Crippen molar-refractivity contribution in [3.63, 3.8) is 0 Å². The number of nitrogens with zero attached hydrogens (tertiary/aromatic N) is 3. The fraction of sp³-hybridized carbons (Fsp3) is 0.133. The van der Waals surface area contributed by atoms with Crippen LogP contribution in [0.2, 0.25) is 0 Å².